The number of hydrogen-bond acceptors (Lipinski definition) is 3. The van der Waals surface area contributed by atoms with Crippen molar-refractivity contribution in [3.05, 3.63) is 53.9 Å². The third-order valence-electron chi connectivity index (χ3n) is 3.54. The van der Waals surface area contributed by atoms with E-state index in [-0.39, 0.29) is 6.03 Å². The van der Waals surface area contributed by atoms with Gasteiger partial charge in [0, 0.05) is 12.2 Å². The number of amides is 2. The summed E-state index contributed by atoms with van der Waals surface area (Å²) in [7, 11) is 0. The van der Waals surface area contributed by atoms with Gasteiger partial charge in [-0.2, -0.15) is 0 Å². The monoisotopic (exact) mass is 313 g/mol. The number of nitrogens with zero attached hydrogens (tertiary/aromatic N) is 2. The Hall–Kier alpha value is -2.56. The molecular weight excluding hydrogens is 290 g/mol. The maximum Gasteiger partial charge on any atom is 0.321 e. The summed E-state index contributed by atoms with van der Waals surface area (Å²) in [5.74, 6) is 0.853. The van der Waals surface area contributed by atoms with E-state index >= 15 is 0 Å². The normalized spacial score (nSPS) is 10.2. The molecule has 2 aromatic rings. The lowest BCUT2D eigenvalue weighted by Gasteiger charge is -2.21. The average Bonchev–Trinajstić information content (AvgIpc) is 2.55. The molecule has 0 atom stereocenters. The molecular formula is C18H23N3O2. The number of likely N-dealkylation sites (N-methyl/N-ethyl adjacent to an activating group) is 1. The summed E-state index contributed by atoms with van der Waals surface area (Å²) >= 11 is 0. The summed E-state index contributed by atoms with van der Waals surface area (Å²) < 4.78 is 5.75. The van der Waals surface area contributed by atoms with Crippen LogP contribution in [0.4, 0.5) is 10.5 Å². The number of aromatic nitrogens is 1. The van der Waals surface area contributed by atoms with E-state index in [1.54, 1.807) is 11.1 Å². The lowest BCUT2D eigenvalue weighted by Crippen LogP contribution is -2.37. The summed E-state index contributed by atoms with van der Waals surface area (Å²) in [5.41, 5.74) is 2.70. The van der Waals surface area contributed by atoms with E-state index in [0.717, 1.165) is 17.0 Å². The van der Waals surface area contributed by atoms with Gasteiger partial charge in [-0.3, -0.25) is 4.98 Å². The van der Waals surface area contributed by atoms with Gasteiger partial charge in [-0.1, -0.05) is 18.2 Å². The van der Waals surface area contributed by atoms with Crippen LogP contribution in [0, 0.1) is 13.8 Å². The quantitative estimate of drug-likeness (QED) is 0.886. The summed E-state index contributed by atoms with van der Waals surface area (Å²) in [6.07, 6.45) is 1.66. The molecule has 0 aliphatic heterocycles. The highest BCUT2D eigenvalue weighted by Crippen LogP contribution is 2.16. The molecule has 0 aliphatic carbocycles. The largest absolute Gasteiger partial charge is 0.491 e. The Balaban J connectivity index is 1.85. The van der Waals surface area contributed by atoms with Gasteiger partial charge in [0.1, 0.15) is 12.4 Å². The first-order valence-corrected chi connectivity index (χ1v) is 7.77. The fraction of sp³-hybridized carbons (Fsp3) is 0.333. The molecule has 0 saturated carbocycles. The standard InChI is InChI=1S/C18H23N3O2/c1-4-21(11-12-23-17-8-6-5-7-14(17)2)18(22)20-16-10-9-15(3)19-13-16/h5-10,13H,4,11-12H2,1-3H3,(H,20,22). The molecule has 1 aromatic heterocycles. The first-order chi connectivity index (χ1) is 11.1. The first-order valence-electron chi connectivity index (χ1n) is 7.77. The smallest absolute Gasteiger partial charge is 0.321 e. The van der Waals surface area contributed by atoms with Gasteiger partial charge < -0.3 is 15.0 Å². The van der Waals surface area contributed by atoms with E-state index in [1.165, 1.54) is 0 Å². The minimum Gasteiger partial charge on any atom is -0.491 e. The van der Waals surface area contributed by atoms with Crippen LogP contribution in [-0.2, 0) is 0 Å². The number of carbonyl (C=O) groups excluding carboxylic acids is 1. The Kier molecular flexibility index (Phi) is 5.97. The zero-order chi connectivity index (χ0) is 16.7. The lowest BCUT2D eigenvalue weighted by atomic mass is 10.2. The number of urea groups is 1. The van der Waals surface area contributed by atoms with Crippen molar-refractivity contribution in [2.24, 2.45) is 0 Å². The second kappa shape index (κ2) is 8.17. The summed E-state index contributed by atoms with van der Waals surface area (Å²) in [6.45, 7) is 7.45. The Morgan fingerprint density at radius 3 is 2.65 bits per heavy atom. The molecule has 122 valence electrons. The maximum absolute atomic E-state index is 12.3. The molecule has 0 unspecified atom stereocenters. The molecule has 2 amide bonds. The van der Waals surface area contributed by atoms with Gasteiger partial charge in [-0.05, 0) is 44.5 Å². The van der Waals surface area contributed by atoms with Crippen molar-refractivity contribution in [3.8, 4) is 5.75 Å². The number of ether oxygens (including phenoxy) is 1. The van der Waals surface area contributed by atoms with Crippen molar-refractivity contribution in [1.29, 1.82) is 0 Å². The molecule has 1 N–H and O–H groups in total. The van der Waals surface area contributed by atoms with E-state index in [1.807, 2.05) is 57.2 Å². The Bertz CT molecular complexity index is 641. The molecule has 5 nitrogen and oxygen atoms in total. The van der Waals surface area contributed by atoms with Crippen molar-refractivity contribution in [2.75, 3.05) is 25.0 Å². The molecule has 2 rings (SSSR count). The van der Waals surface area contributed by atoms with E-state index in [0.29, 0.717) is 25.4 Å². The number of para-hydroxylation sites is 1. The predicted molar refractivity (Wildman–Crippen MR) is 91.9 cm³/mol. The predicted octanol–water partition coefficient (Wildman–Crippen LogP) is 3.63. The van der Waals surface area contributed by atoms with Crippen molar-refractivity contribution < 1.29 is 9.53 Å². The second-order valence-electron chi connectivity index (χ2n) is 5.31. The number of anilines is 1. The first kappa shape index (κ1) is 16.8. The Morgan fingerprint density at radius 2 is 2.00 bits per heavy atom. The molecule has 0 bridgehead atoms. The number of carbonyl (C=O) groups is 1. The van der Waals surface area contributed by atoms with Gasteiger partial charge in [0.05, 0.1) is 18.4 Å². The minimum absolute atomic E-state index is 0.147. The molecule has 0 saturated heterocycles. The van der Waals surface area contributed by atoms with E-state index < -0.39 is 0 Å². The molecule has 23 heavy (non-hydrogen) atoms. The summed E-state index contributed by atoms with van der Waals surface area (Å²) in [5, 5.41) is 2.85. The third-order valence-corrected chi connectivity index (χ3v) is 3.54. The van der Waals surface area contributed by atoms with Gasteiger partial charge in [-0.25, -0.2) is 4.79 Å². The zero-order valence-electron chi connectivity index (χ0n) is 13.9. The lowest BCUT2D eigenvalue weighted by molar-refractivity contribution is 0.197. The molecule has 0 spiro atoms. The number of hydrogen-bond donors (Lipinski definition) is 1. The van der Waals surface area contributed by atoms with E-state index in [4.69, 9.17) is 4.74 Å². The number of rotatable bonds is 6. The van der Waals surface area contributed by atoms with Crippen LogP contribution in [0.1, 0.15) is 18.2 Å². The zero-order valence-corrected chi connectivity index (χ0v) is 13.9. The highest BCUT2D eigenvalue weighted by Gasteiger charge is 2.12. The SMILES string of the molecule is CCN(CCOc1ccccc1C)C(=O)Nc1ccc(C)nc1. The fourth-order valence-electron chi connectivity index (χ4n) is 2.13. The van der Waals surface area contributed by atoms with Crippen LogP contribution in [-0.4, -0.2) is 35.6 Å². The molecule has 1 heterocycles. The molecule has 0 aliphatic rings. The van der Waals surface area contributed by atoms with E-state index in [2.05, 4.69) is 10.3 Å². The van der Waals surface area contributed by atoms with Crippen LogP contribution in [0.5, 0.6) is 5.75 Å². The van der Waals surface area contributed by atoms with Crippen molar-refractivity contribution >= 4 is 11.7 Å². The summed E-state index contributed by atoms with van der Waals surface area (Å²) in [4.78, 5) is 18.1. The van der Waals surface area contributed by atoms with Crippen LogP contribution in [0.3, 0.4) is 0 Å². The van der Waals surface area contributed by atoms with E-state index in [9.17, 15) is 4.79 Å². The Morgan fingerprint density at radius 1 is 1.22 bits per heavy atom. The van der Waals surface area contributed by atoms with Gasteiger partial charge in [0.2, 0.25) is 0 Å². The minimum atomic E-state index is -0.147. The summed E-state index contributed by atoms with van der Waals surface area (Å²) in [6, 6.07) is 11.4. The van der Waals surface area contributed by atoms with Gasteiger partial charge in [-0.15, -0.1) is 0 Å². The number of nitrogens with one attached hydrogen (secondary N) is 1. The fourth-order valence-corrected chi connectivity index (χ4v) is 2.13. The van der Waals surface area contributed by atoms with Crippen molar-refractivity contribution in [2.45, 2.75) is 20.8 Å². The second-order valence-corrected chi connectivity index (χ2v) is 5.31. The van der Waals surface area contributed by atoms with Crippen LogP contribution in [0.15, 0.2) is 42.6 Å². The maximum atomic E-state index is 12.3. The molecule has 1 aromatic carbocycles. The van der Waals surface area contributed by atoms with Crippen LogP contribution in [0.2, 0.25) is 0 Å². The molecule has 0 radical (unpaired) electrons. The topological polar surface area (TPSA) is 54.5 Å². The van der Waals surface area contributed by atoms with Gasteiger partial charge in [0.25, 0.3) is 0 Å². The van der Waals surface area contributed by atoms with Crippen molar-refractivity contribution in [1.82, 2.24) is 9.88 Å². The number of aryl methyl sites for hydroxylation is 2. The number of pyridine rings is 1. The third kappa shape index (κ3) is 4.98. The highest BCUT2D eigenvalue weighted by atomic mass is 16.5. The van der Waals surface area contributed by atoms with Gasteiger partial charge in [0.15, 0.2) is 0 Å². The van der Waals surface area contributed by atoms with Crippen LogP contribution >= 0.6 is 0 Å². The average molecular weight is 313 g/mol. The molecule has 5 heteroatoms. The van der Waals surface area contributed by atoms with Crippen LogP contribution < -0.4 is 10.1 Å². The van der Waals surface area contributed by atoms with Crippen molar-refractivity contribution in [3.63, 3.8) is 0 Å². The Labute approximate surface area is 137 Å². The molecule has 0 fully saturated rings. The number of benzene rings is 1. The highest BCUT2D eigenvalue weighted by molar-refractivity contribution is 5.89. The van der Waals surface area contributed by atoms with Gasteiger partial charge >= 0.3 is 6.03 Å². The van der Waals surface area contributed by atoms with Crippen LogP contribution in [0.25, 0.3) is 0 Å².